The predicted molar refractivity (Wildman–Crippen MR) is 183 cm³/mol. The molecule has 0 radical (unpaired) electrons. The van der Waals surface area contributed by atoms with Crippen LogP contribution in [0.1, 0.15) is 97.6 Å². The molecule has 44 heavy (non-hydrogen) atoms. The summed E-state index contributed by atoms with van der Waals surface area (Å²) < 4.78 is 17.0. The third-order valence-electron chi connectivity index (χ3n) is 7.89. The van der Waals surface area contributed by atoms with Gasteiger partial charge in [0.25, 0.3) is 5.91 Å². The number of unbranched alkanes of at least 4 members (excludes halogenated alkanes) is 4. The number of nitrogens with one attached hydrogen (secondary N) is 1. The van der Waals surface area contributed by atoms with Crippen LogP contribution in [0.3, 0.4) is 0 Å². The lowest BCUT2D eigenvalue weighted by Crippen LogP contribution is -2.44. The molecule has 1 unspecified atom stereocenters. The molecule has 2 aromatic carbocycles. The number of hydrogen-bond acceptors (Lipinski definition) is 5. The second kappa shape index (κ2) is 21.0. The number of carboxylic acid groups (broad SMARTS) is 1. The van der Waals surface area contributed by atoms with E-state index in [4.69, 9.17) is 19.0 Å². The lowest BCUT2D eigenvalue weighted by molar-refractivity contribution is -0.139. The Morgan fingerprint density at radius 2 is 1.25 bits per heavy atom. The van der Waals surface area contributed by atoms with Gasteiger partial charge < -0.3 is 24.3 Å². The first-order valence-electron chi connectivity index (χ1n) is 16.4. The van der Waals surface area contributed by atoms with E-state index in [1.165, 1.54) is 49.7 Å². The molecule has 0 aliphatic carbocycles. The van der Waals surface area contributed by atoms with Crippen molar-refractivity contribution in [1.82, 2.24) is 5.32 Å². The minimum atomic E-state index is -1.76. The summed E-state index contributed by atoms with van der Waals surface area (Å²) >= 11 is 0. The van der Waals surface area contributed by atoms with Gasteiger partial charge in [0.15, 0.2) is 21.5 Å². The minimum Gasteiger partial charge on any atom is -0.484 e. The number of carbonyl (C=O) groups is 2. The zero-order chi connectivity index (χ0) is 33.0. The summed E-state index contributed by atoms with van der Waals surface area (Å²) in [5, 5.41) is 11.6. The minimum absolute atomic E-state index is 0.0483. The molecule has 0 aliphatic heterocycles. The number of amides is 1. The molecule has 0 saturated heterocycles. The number of benzene rings is 2. The summed E-state index contributed by atoms with van der Waals surface area (Å²) in [6.07, 6.45) is 10.5. The van der Waals surface area contributed by atoms with Crippen LogP contribution in [-0.2, 0) is 26.9 Å². The Labute approximate surface area is 268 Å². The van der Waals surface area contributed by atoms with Crippen molar-refractivity contribution in [1.29, 1.82) is 0 Å². The number of ether oxygens (including phenoxy) is 2. The van der Waals surface area contributed by atoms with Gasteiger partial charge in [-0.1, -0.05) is 84.6 Å². The smallest absolute Gasteiger partial charge is 0.341 e. The van der Waals surface area contributed by atoms with Gasteiger partial charge in [-0.05, 0) is 92.6 Å². The quantitative estimate of drug-likeness (QED) is 0.119. The first kappa shape index (κ1) is 39.2. The Hall–Kier alpha value is -2.84. The molecule has 2 aromatic rings. The van der Waals surface area contributed by atoms with Crippen molar-refractivity contribution >= 4 is 20.2 Å². The Morgan fingerprint density at radius 3 is 1.66 bits per heavy atom. The SMILES string of the molecule is CCCCCc1ccc(OCC(=O)NCCC(C)O[Si](C)(C)C(C)(C)C)cc1.CCCCCc1ccc(OCC(=O)O)cc1. The van der Waals surface area contributed by atoms with Crippen LogP contribution in [0.4, 0.5) is 0 Å². The van der Waals surface area contributed by atoms with Crippen LogP contribution in [0.5, 0.6) is 11.5 Å². The molecule has 0 saturated carbocycles. The van der Waals surface area contributed by atoms with Gasteiger partial charge in [-0.2, -0.15) is 0 Å². The second-order valence-electron chi connectivity index (χ2n) is 13.0. The van der Waals surface area contributed by atoms with E-state index < -0.39 is 14.3 Å². The molecular formula is C36H59NO6Si. The maximum Gasteiger partial charge on any atom is 0.341 e. The van der Waals surface area contributed by atoms with Crippen molar-refractivity contribution in [2.24, 2.45) is 0 Å². The highest BCUT2D eigenvalue weighted by Gasteiger charge is 2.38. The van der Waals surface area contributed by atoms with E-state index in [0.29, 0.717) is 12.3 Å². The fourth-order valence-corrected chi connectivity index (χ4v) is 5.64. The maximum atomic E-state index is 12.0. The van der Waals surface area contributed by atoms with E-state index in [-0.39, 0.29) is 30.3 Å². The van der Waals surface area contributed by atoms with Crippen molar-refractivity contribution < 1.29 is 28.6 Å². The Balaban J connectivity index is 0.000000511. The van der Waals surface area contributed by atoms with Crippen LogP contribution in [-0.4, -0.2) is 51.2 Å². The molecule has 1 amide bonds. The summed E-state index contributed by atoms with van der Waals surface area (Å²) in [5.41, 5.74) is 2.59. The summed E-state index contributed by atoms with van der Waals surface area (Å²) in [6, 6.07) is 15.7. The van der Waals surface area contributed by atoms with Gasteiger partial charge in [-0.15, -0.1) is 0 Å². The number of aryl methyl sites for hydroxylation is 2. The summed E-state index contributed by atoms with van der Waals surface area (Å²) in [4.78, 5) is 22.3. The molecule has 248 valence electrons. The van der Waals surface area contributed by atoms with Crippen molar-refractivity contribution in [2.75, 3.05) is 19.8 Å². The third-order valence-corrected chi connectivity index (χ3v) is 12.5. The number of carbonyl (C=O) groups excluding carboxylic acids is 1. The zero-order valence-corrected chi connectivity index (χ0v) is 29.7. The van der Waals surface area contributed by atoms with Gasteiger partial charge in [0.05, 0.1) is 0 Å². The molecule has 0 aliphatic rings. The van der Waals surface area contributed by atoms with Crippen LogP contribution in [0, 0.1) is 0 Å². The molecule has 0 heterocycles. The summed E-state index contributed by atoms with van der Waals surface area (Å²) in [6.45, 7) is 18.1. The monoisotopic (exact) mass is 629 g/mol. The second-order valence-corrected chi connectivity index (χ2v) is 17.8. The molecule has 0 fully saturated rings. The number of hydrogen-bond donors (Lipinski definition) is 2. The Bertz CT molecular complexity index is 1060. The van der Waals surface area contributed by atoms with Crippen molar-refractivity contribution in [2.45, 2.75) is 124 Å². The Morgan fingerprint density at radius 1 is 0.795 bits per heavy atom. The van der Waals surface area contributed by atoms with E-state index in [1.54, 1.807) is 0 Å². The number of carboxylic acids is 1. The highest BCUT2D eigenvalue weighted by atomic mass is 28.4. The molecule has 1 atom stereocenters. The van der Waals surface area contributed by atoms with Crippen LogP contribution >= 0.6 is 0 Å². The zero-order valence-electron chi connectivity index (χ0n) is 28.7. The van der Waals surface area contributed by atoms with Gasteiger partial charge in [-0.25, -0.2) is 4.79 Å². The average Bonchev–Trinajstić information content (AvgIpc) is 2.96. The van der Waals surface area contributed by atoms with E-state index in [1.807, 2.05) is 36.4 Å². The molecule has 0 spiro atoms. The summed E-state index contributed by atoms with van der Waals surface area (Å²) in [5.74, 6) is 0.309. The van der Waals surface area contributed by atoms with E-state index >= 15 is 0 Å². The highest BCUT2D eigenvalue weighted by molar-refractivity contribution is 6.74. The molecule has 7 nitrogen and oxygen atoms in total. The number of rotatable bonds is 19. The molecule has 2 rings (SSSR count). The highest BCUT2D eigenvalue weighted by Crippen LogP contribution is 2.37. The van der Waals surface area contributed by atoms with E-state index in [9.17, 15) is 9.59 Å². The van der Waals surface area contributed by atoms with Crippen LogP contribution in [0.15, 0.2) is 48.5 Å². The topological polar surface area (TPSA) is 94.1 Å². The molecule has 2 N–H and O–H groups in total. The first-order chi connectivity index (χ1) is 20.8. The molecular weight excluding hydrogens is 570 g/mol. The fourth-order valence-electron chi connectivity index (χ4n) is 4.16. The van der Waals surface area contributed by atoms with Gasteiger partial charge in [0.1, 0.15) is 11.5 Å². The van der Waals surface area contributed by atoms with Crippen LogP contribution < -0.4 is 14.8 Å². The largest absolute Gasteiger partial charge is 0.484 e. The number of aliphatic carboxylic acids is 1. The maximum absolute atomic E-state index is 12.0. The third kappa shape index (κ3) is 17.5. The van der Waals surface area contributed by atoms with Crippen LogP contribution in [0.2, 0.25) is 18.1 Å². The van der Waals surface area contributed by atoms with Gasteiger partial charge >= 0.3 is 5.97 Å². The standard InChI is InChI=1S/C23H41NO3Si.C13H18O3/c1-8-9-10-11-20-12-14-21(15-13-20)26-18-22(25)24-17-16-19(2)27-28(6,7)23(3,4)5;1-2-3-4-5-11-6-8-12(9-7-11)16-10-13(14)15/h12-15,19H,8-11,16-18H2,1-7H3,(H,24,25);6-9H,2-5,10H2,1H3,(H,14,15). The average molecular weight is 630 g/mol. The summed E-state index contributed by atoms with van der Waals surface area (Å²) in [7, 11) is -1.76. The Kier molecular flexibility index (Phi) is 18.7. The normalized spacial score (nSPS) is 12.1. The lowest BCUT2D eigenvalue weighted by Gasteiger charge is -2.38. The van der Waals surface area contributed by atoms with E-state index in [2.05, 4.69) is 72.1 Å². The first-order valence-corrected chi connectivity index (χ1v) is 19.3. The van der Waals surface area contributed by atoms with Crippen molar-refractivity contribution in [3.05, 3.63) is 59.7 Å². The predicted octanol–water partition coefficient (Wildman–Crippen LogP) is 8.60. The van der Waals surface area contributed by atoms with Gasteiger partial charge in [-0.3, -0.25) is 4.79 Å². The molecule has 8 heteroatoms. The molecule has 0 bridgehead atoms. The fraction of sp³-hybridized carbons (Fsp3) is 0.611. The van der Waals surface area contributed by atoms with Crippen molar-refractivity contribution in [3.8, 4) is 11.5 Å². The van der Waals surface area contributed by atoms with Gasteiger partial charge in [0.2, 0.25) is 0 Å². The van der Waals surface area contributed by atoms with E-state index in [0.717, 1.165) is 25.0 Å². The van der Waals surface area contributed by atoms with Crippen molar-refractivity contribution in [3.63, 3.8) is 0 Å². The van der Waals surface area contributed by atoms with Gasteiger partial charge in [0, 0.05) is 12.6 Å². The lowest BCUT2D eigenvalue weighted by atomic mass is 10.1. The molecule has 0 aromatic heterocycles. The van der Waals surface area contributed by atoms with Crippen LogP contribution in [0.25, 0.3) is 0 Å².